The van der Waals surface area contributed by atoms with Crippen LogP contribution in [0.25, 0.3) is 0 Å². The molecule has 0 radical (unpaired) electrons. The molecule has 0 heterocycles. The Morgan fingerprint density at radius 2 is 0.804 bits per heavy atom. The van der Waals surface area contributed by atoms with Crippen molar-refractivity contribution in [2.45, 2.75) is 72.6 Å². The first-order valence-corrected chi connectivity index (χ1v) is 17.6. The van der Waals surface area contributed by atoms with Gasteiger partial charge in [-0.25, -0.2) is 0 Å². The Labute approximate surface area is 302 Å². The molecule has 0 saturated carbocycles. The van der Waals surface area contributed by atoms with Gasteiger partial charge in [-0.05, 0) is 102 Å². The van der Waals surface area contributed by atoms with E-state index in [-0.39, 0.29) is 23.0 Å². The molecule has 51 heavy (non-hydrogen) atoms. The van der Waals surface area contributed by atoms with Crippen LogP contribution in [0.3, 0.4) is 0 Å². The van der Waals surface area contributed by atoms with Crippen LogP contribution in [0.15, 0.2) is 109 Å². The summed E-state index contributed by atoms with van der Waals surface area (Å²) in [6, 6.07) is 36.2. The smallest absolute Gasteiger partial charge is 0.122 e. The molecule has 6 aromatic carbocycles. The van der Waals surface area contributed by atoms with Gasteiger partial charge in [-0.15, -0.1) is 0 Å². The predicted molar refractivity (Wildman–Crippen MR) is 208 cm³/mol. The Morgan fingerprint density at radius 3 is 1.29 bits per heavy atom. The van der Waals surface area contributed by atoms with Gasteiger partial charge in [0.05, 0.1) is 0 Å². The van der Waals surface area contributed by atoms with Crippen molar-refractivity contribution in [3.05, 3.63) is 187 Å². The summed E-state index contributed by atoms with van der Waals surface area (Å²) >= 11 is 0. The quantitative estimate of drug-likeness (QED) is 0.116. The van der Waals surface area contributed by atoms with Crippen molar-refractivity contribution in [3.63, 3.8) is 0 Å². The standard InChI is InChI=1S/C47H48O4/c1-29-8-7-9-33(16-29)21-39-27-42(28-40(46(39)51)26-38-19-32(4)12-15-45(38)50)47(5,6)41-24-34(22-36-17-30(2)10-13-43(36)48)20-35(25-41)23-37-18-31(3)11-14-44(37)49/h7-20,24-25,27-28,48-51H,21-23,26H2,1-6H3. The summed E-state index contributed by atoms with van der Waals surface area (Å²) in [5.41, 5.74) is 13.3. The average molecular weight is 677 g/mol. The number of hydrogen-bond donors (Lipinski definition) is 4. The van der Waals surface area contributed by atoms with Crippen molar-refractivity contribution in [3.8, 4) is 23.0 Å². The van der Waals surface area contributed by atoms with E-state index in [2.05, 4.69) is 69.3 Å². The van der Waals surface area contributed by atoms with Crippen LogP contribution in [0.1, 0.15) is 91.7 Å². The maximum atomic E-state index is 11.8. The minimum Gasteiger partial charge on any atom is -0.508 e. The number of phenols is 4. The molecule has 0 aromatic heterocycles. The summed E-state index contributed by atoms with van der Waals surface area (Å²) in [5, 5.41) is 44.1. The van der Waals surface area contributed by atoms with E-state index in [1.807, 2.05) is 63.2 Å². The largest absolute Gasteiger partial charge is 0.508 e. The van der Waals surface area contributed by atoms with Crippen LogP contribution in [-0.2, 0) is 31.1 Å². The van der Waals surface area contributed by atoms with E-state index in [9.17, 15) is 20.4 Å². The number of phenolic OH excluding ortho intramolecular Hbond substituents is 4. The van der Waals surface area contributed by atoms with E-state index in [0.717, 1.165) is 77.9 Å². The molecule has 0 unspecified atom stereocenters. The molecular formula is C47H48O4. The molecule has 0 aliphatic rings. The zero-order chi connectivity index (χ0) is 36.4. The highest BCUT2D eigenvalue weighted by Gasteiger charge is 2.27. The molecule has 4 nitrogen and oxygen atoms in total. The Bertz CT molecular complexity index is 2150. The van der Waals surface area contributed by atoms with E-state index in [4.69, 9.17) is 0 Å². The highest BCUT2D eigenvalue weighted by Crippen LogP contribution is 2.40. The summed E-state index contributed by atoms with van der Waals surface area (Å²) in [7, 11) is 0. The Balaban J connectivity index is 1.49. The van der Waals surface area contributed by atoms with E-state index >= 15 is 0 Å². The lowest BCUT2D eigenvalue weighted by atomic mass is 9.75. The second kappa shape index (κ2) is 14.4. The van der Waals surface area contributed by atoms with Gasteiger partial charge in [-0.3, -0.25) is 0 Å². The average Bonchev–Trinajstić information content (AvgIpc) is 3.07. The summed E-state index contributed by atoms with van der Waals surface area (Å²) in [5.74, 6) is 0.996. The lowest BCUT2D eigenvalue weighted by Crippen LogP contribution is -2.21. The minimum absolute atomic E-state index is 0.209. The van der Waals surface area contributed by atoms with Gasteiger partial charge < -0.3 is 20.4 Å². The van der Waals surface area contributed by atoms with E-state index in [0.29, 0.717) is 25.7 Å². The maximum absolute atomic E-state index is 11.8. The summed E-state index contributed by atoms with van der Waals surface area (Å²) in [6.07, 6.45) is 2.05. The van der Waals surface area contributed by atoms with Crippen molar-refractivity contribution >= 4 is 0 Å². The maximum Gasteiger partial charge on any atom is 0.122 e. The third-order valence-corrected chi connectivity index (χ3v) is 10.1. The topological polar surface area (TPSA) is 80.9 Å². The van der Waals surface area contributed by atoms with Crippen molar-refractivity contribution < 1.29 is 20.4 Å². The predicted octanol–water partition coefficient (Wildman–Crippen LogP) is 10.4. The van der Waals surface area contributed by atoms with Gasteiger partial charge >= 0.3 is 0 Å². The molecule has 6 aromatic rings. The first-order chi connectivity index (χ1) is 24.2. The molecule has 0 bridgehead atoms. The molecule has 6 rings (SSSR count). The molecule has 0 saturated heterocycles. The number of aryl methyl sites for hydroxylation is 4. The monoisotopic (exact) mass is 676 g/mol. The van der Waals surface area contributed by atoms with E-state index in [1.165, 1.54) is 0 Å². The zero-order valence-electron chi connectivity index (χ0n) is 30.5. The molecule has 260 valence electrons. The van der Waals surface area contributed by atoms with E-state index < -0.39 is 5.41 Å². The van der Waals surface area contributed by atoms with Crippen molar-refractivity contribution in [2.75, 3.05) is 0 Å². The first kappa shape index (κ1) is 35.3. The van der Waals surface area contributed by atoms with Crippen molar-refractivity contribution in [2.24, 2.45) is 0 Å². The Kier molecular flexibility index (Phi) is 9.98. The summed E-state index contributed by atoms with van der Waals surface area (Å²) < 4.78 is 0. The molecule has 0 aliphatic heterocycles. The van der Waals surface area contributed by atoms with E-state index in [1.54, 1.807) is 18.2 Å². The van der Waals surface area contributed by atoms with Crippen LogP contribution in [0, 0.1) is 27.7 Å². The molecule has 0 amide bonds. The fourth-order valence-corrected chi connectivity index (χ4v) is 7.14. The SMILES string of the molecule is Cc1cccc(Cc2cc(C(C)(C)c3cc(Cc4cc(C)ccc4O)cc(Cc4cc(C)ccc4O)c3)cc(Cc3cc(C)ccc3O)c2O)c1. The van der Waals surface area contributed by atoms with Crippen LogP contribution in [-0.4, -0.2) is 20.4 Å². The number of benzene rings is 6. The van der Waals surface area contributed by atoms with Gasteiger partial charge in [0.25, 0.3) is 0 Å². The fraction of sp³-hybridized carbons (Fsp3) is 0.234. The second-order valence-electron chi connectivity index (χ2n) is 14.9. The van der Waals surface area contributed by atoms with Gasteiger partial charge in [0, 0.05) is 31.1 Å². The van der Waals surface area contributed by atoms with Crippen molar-refractivity contribution in [1.29, 1.82) is 0 Å². The van der Waals surface area contributed by atoms with Crippen LogP contribution >= 0.6 is 0 Å². The Morgan fingerprint density at radius 1 is 0.392 bits per heavy atom. The molecule has 0 atom stereocenters. The lowest BCUT2D eigenvalue weighted by molar-refractivity contribution is 0.458. The van der Waals surface area contributed by atoms with Gasteiger partial charge in [0.15, 0.2) is 0 Å². The van der Waals surface area contributed by atoms with Crippen LogP contribution < -0.4 is 0 Å². The highest BCUT2D eigenvalue weighted by molar-refractivity contribution is 5.54. The second-order valence-corrected chi connectivity index (χ2v) is 14.9. The van der Waals surface area contributed by atoms with Crippen LogP contribution in [0.2, 0.25) is 0 Å². The highest BCUT2D eigenvalue weighted by atomic mass is 16.3. The van der Waals surface area contributed by atoms with Gasteiger partial charge in [0.2, 0.25) is 0 Å². The Hall–Kier alpha value is -5.48. The lowest BCUT2D eigenvalue weighted by Gasteiger charge is -2.29. The normalized spacial score (nSPS) is 11.6. The van der Waals surface area contributed by atoms with Crippen LogP contribution in [0.5, 0.6) is 23.0 Å². The summed E-state index contributed by atoms with van der Waals surface area (Å²) in [4.78, 5) is 0. The minimum atomic E-state index is -0.507. The number of hydrogen-bond acceptors (Lipinski definition) is 4. The third-order valence-electron chi connectivity index (χ3n) is 10.1. The van der Waals surface area contributed by atoms with Gasteiger partial charge in [-0.1, -0.05) is 127 Å². The first-order valence-electron chi connectivity index (χ1n) is 17.6. The molecule has 0 aliphatic carbocycles. The fourth-order valence-electron chi connectivity index (χ4n) is 7.14. The number of rotatable bonds is 10. The van der Waals surface area contributed by atoms with Crippen molar-refractivity contribution in [1.82, 2.24) is 0 Å². The van der Waals surface area contributed by atoms with Crippen LogP contribution in [0.4, 0.5) is 0 Å². The molecule has 0 fully saturated rings. The molecule has 0 spiro atoms. The van der Waals surface area contributed by atoms with Gasteiger partial charge in [0.1, 0.15) is 23.0 Å². The molecule has 4 heteroatoms. The third kappa shape index (κ3) is 8.13. The summed E-state index contributed by atoms with van der Waals surface area (Å²) in [6.45, 7) is 12.6. The molecule has 4 N–H and O–H groups in total. The zero-order valence-corrected chi connectivity index (χ0v) is 30.5. The number of aromatic hydroxyl groups is 4. The molecular weight excluding hydrogens is 629 g/mol. The van der Waals surface area contributed by atoms with Gasteiger partial charge in [-0.2, -0.15) is 0 Å².